The number of nitrogen functional groups attached to an aromatic ring is 2. The van der Waals surface area contributed by atoms with Crippen LogP contribution in [0.3, 0.4) is 0 Å². The second-order valence-corrected chi connectivity index (χ2v) is 31.3. The molecule has 4 aromatic carbocycles. The van der Waals surface area contributed by atoms with Gasteiger partial charge >= 0.3 is 25.0 Å². The van der Waals surface area contributed by atoms with Crippen molar-refractivity contribution in [3.63, 3.8) is 0 Å². The average molecular weight is 1170 g/mol. The van der Waals surface area contributed by atoms with Gasteiger partial charge in [-0.05, 0) is 66.1 Å². The first-order valence-corrected chi connectivity index (χ1v) is 31.4. The van der Waals surface area contributed by atoms with Gasteiger partial charge in [0.1, 0.15) is 17.1 Å². The van der Waals surface area contributed by atoms with Crippen LogP contribution in [0.5, 0.6) is 0 Å². The highest BCUT2D eigenvalue weighted by molar-refractivity contribution is 9.10. The lowest BCUT2D eigenvalue weighted by Crippen LogP contribution is -2.29. The van der Waals surface area contributed by atoms with Crippen LogP contribution >= 0.6 is 31.9 Å². The minimum Gasteiger partial charge on any atom is -0.476 e. The van der Waals surface area contributed by atoms with E-state index in [0.29, 0.717) is 58.3 Å². The summed E-state index contributed by atoms with van der Waals surface area (Å²) in [6, 6.07) is 30.5. The predicted molar refractivity (Wildman–Crippen MR) is 291 cm³/mol. The van der Waals surface area contributed by atoms with Gasteiger partial charge in [0.2, 0.25) is 0 Å². The number of methoxy groups -OCH3 is 2. The molecular weight excluding hydrogens is 1110 g/mol. The molecule has 8 N–H and O–H groups in total. The van der Waals surface area contributed by atoms with E-state index in [9.17, 15) is 14.4 Å². The molecule has 26 heteroatoms. The molecule has 3 aromatic heterocycles. The summed E-state index contributed by atoms with van der Waals surface area (Å²) in [7, 11) is -1.07. The van der Waals surface area contributed by atoms with Crippen molar-refractivity contribution in [1.29, 1.82) is 0 Å². The number of nitrogens with two attached hydrogens (primary N) is 2. The van der Waals surface area contributed by atoms with E-state index in [1.165, 1.54) is 29.9 Å². The van der Waals surface area contributed by atoms with Crippen LogP contribution in [0.1, 0.15) is 31.5 Å². The van der Waals surface area contributed by atoms with Gasteiger partial charge < -0.3 is 45.6 Å². The molecule has 0 aliphatic heterocycles. The van der Waals surface area contributed by atoms with Gasteiger partial charge in [0, 0.05) is 66.4 Å². The van der Waals surface area contributed by atoms with E-state index >= 15 is 0 Å². The summed E-state index contributed by atoms with van der Waals surface area (Å²) in [6.07, 6.45) is 0. The van der Waals surface area contributed by atoms with Crippen molar-refractivity contribution >= 4 is 89.9 Å². The van der Waals surface area contributed by atoms with Gasteiger partial charge in [0.15, 0.2) is 30.5 Å². The molecule has 7 rings (SSSR count). The van der Waals surface area contributed by atoms with Crippen molar-refractivity contribution in [1.82, 2.24) is 45.4 Å². The first kappa shape index (κ1) is 59.2. The number of benzene rings is 4. The van der Waals surface area contributed by atoms with Crippen molar-refractivity contribution in [2.24, 2.45) is 0 Å². The number of rotatable bonds is 17. The second kappa shape index (κ2) is 28.2. The van der Waals surface area contributed by atoms with Gasteiger partial charge in [-0.1, -0.05) is 120 Å². The smallest absolute Gasteiger partial charge is 0.476 e. The topological polar surface area (TPSA) is 304 Å². The zero-order chi connectivity index (χ0) is 53.9. The van der Waals surface area contributed by atoms with Crippen molar-refractivity contribution in [2.75, 3.05) is 38.9 Å². The van der Waals surface area contributed by atoms with Gasteiger partial charge in [-0.25, -0.2) is 14.4 Å². The zero-order valence-electron chi connectivity index (χ0n) is 41.7. The summed E-state index contributed by atoms with van der Waals surface area (Å²) in [6.45, 7) is 15.5. The molecule has 73 heavy (non-hydrogen) atoms. The molecule has 0 atom stereocenters. The van der Waals surface area contributed by atoms with Crippen LogP contribution in [0.4, 0.5) is 11.4 Å². The maximum atomic E-state index is 12.0. The Kier molecular flexibility index (Phi) is 22.8. The Hall–Kier alpha value is -6.39. The number of nitrogens with zero attached hydrogens (tertiary/aromatic N) is 8. The summed E-state index contributed by atoms with van der Waals surface area (Å²) >= 11 is 6.73. The van der Waals surface area contributed by atoms with Crippen molar-refractivity contribution in [3.05, 3.63) is 123 Å². The summed E-state index contributed by atoms with van der Waals surface area (Å²) in [5.41, 5.74) is 16.4. The summed E-state index contributed by atoms with van der Waals surface area (Å²) in [5.74, 6) is -2.15. The van der Waals surface area contributed by atoms with Crippen LogP contribution in [0, 0.1) is 0 Å². The number of carbonyl (C=O) groups is 3. The van der Waals surface area contributed by atoms with Crippen LogP contribution in [0.15, 0.2) is 106 Å². The molecule has 0 saturated heterocycles. The lowest BCUT2D eigenvalue weighted by Gasteiger charge is -2.14. The van der Waals surface area contributed by atoms with Gasteiger partial charge in [0.05, 0.1) is 14.2 Å². The van der Waals surface area contributed by atoms with E-state index in [1.54, 1.807) is 54.6 Å². The van der Waals surface area contributed by atoms with E-state index in [-0.39, 0.29) is 30.5 Å². The van der Waals surface area contributed by atoms with Crippen LogP contribution in [-0.2, 0) is 32.4 Å². The number of nitrogens with one attached hydrogen (secondary N) is 1. The third kappa shape index (κ3) is 19.9. The number of hydrogen-bond donors (Lipinski definition) is 6. The van der Waals surface area contributed by atoms with E-state index < -0.39 is 41.2 Å². The van der Waals surface area contributed by atoms with Gasteiger partial charge in [-0.2, -0.15) is 30.1 Å². The monoisotopic (exact) mass is 1160 g/mol. The molecule has 3 heterocycles. The molecule has 7 aromatic rings. The Morgan fingerprint density at radius 3 is 1.41 bits per heavy atom. The van der Waals surface area contributed by atoms with Crippen LogP contribution in [-0.4, -0.2) is 129 Å². The van der Waals surface area contributed by atoms with Crippen LogP contribution < -0.4 is 16.9 Å². The molecule has 0 unspecified atom stereocenters. The Balaban J connectivity index is 0.000000221. The predicted octanol–water partition coefficient (Wildman–Crippen LogP) is 7.31. The number of carbonyl (C=O) groups excluding carboxylic acids is 2. The number of ether oxygens (including phenoxy) is 4. The Morgan fingerprint density at radius 1 is 0.603 bits per heavy atom. The number of carboxylic acids is 1. The fourth-order valence-electron chi connectivity index (χ4n) is 5.98. The number of H-pyrrole nitrogens is 1. The average Bonchev–Trinajstić information content (AvgIpc) is 4.11. The number of aromatic amines is 1. The lowest BCUT2D eigenvalue weighted by atomic mass is 9.80. The number of anilines is 2. The number of halogens is 2. The minimum atomic E-state index is -1.43. The summed E-state index contributed by atoms with van der Waals surface area (Å²) in [4.78, 5) is 37.5. The Labute approximate surface area is 442 Å². The summed E-state index contributed by atoms with van der Waals surface area (Å²) < 4.78 is 22.6. The highest BCUT2D eigenvalue weighted by Gasteiger charge is 2.23. The Bertz CT molecular complexity index is 2790. The standard InChI is InChI=1S/C16H22BrN3O3Si.C16H24N4O3Si.C9H6BrN3O2.C6H8BNO2/c2*1-22-16(21)15-14(12-6-5-7-13(17)10-12)18-20(19-15)11-23-8-9-24(2,3)4;10-6-3-1-2-5(4-6)7-8(9(14)15)12-13-11-7;8-6-3-1-2-5(4-6)7(9)10/h5-7,10H,8-9,11H2,1-4H3;5-7,10H,8-9,11,17H2,1-4H3;1-4H,(H,14,15)(H,11,12,13);1-4,9-10H,8H2. The molecule has 0 bridgehead atoms. The molecule has 0 aliphatic carbocycles. The lowest BCUT2D eigenvalue weighted by molar-refractivity contribution is 0.0566. The number of aromatic nitrogens is 9. The van der Waals surface area contributed by atoms with Crippen LogP contribution in [0.2, 0.25) is 51.4 Å². The summed E-state index contributed by atoms with van der Waals surface area (Å²) in [5, 5.41) is 53.0. The SMILES string of the molecule is COC(=O)c1nn(COCC[Si](C)(C)C)nc1-c1cccc(Br)c1.COC(=O)c1nn(COCC[Si](C)(C)C)nc1-c1cccc(N)c1.Nc1cccc(B(O)O)c1.O=C(O)c1n[nH]nc1-c1cccc(Br)c1. The molecule has 0 fully saturated rings. The molecule has 0 aliphatic rings. The zero-order valence-corrected chi connectivity index (χ0v) is 46.9. The fraction of sp³-hybridized carbons (Fsp3) is 0.298. The molecule has 0 radical (unpaired) electrons. The third-order valence-electron chi connectivity index (χ3n) is 9.79. The highest BCUT2D eigenvalue weighted by Crippen LogP contribution is 2.26. The van der Waals surface area contributed by atoms with Crippen LogP contribution in [0.25, 0.3) is 33.8 Å². The third-order valence-corrected chi connectivity index (χ3v) is 14.2. The van der Waals surface area contributed by atoms with E-state index in [0.717, 1.165) is 26.6 Å². The number of aromatic carboxylic acids is 1. The second-order valence-electron chi connectivity index (χ2n) is 18.2. The number of esters is 2. The first-order chi connectivity index (χ1) is 34.5. The highest BCUT2D eigenvalue weighted by atomic mass is 79.9. The van der Waals surface area contributed by atoms with Crippen molar-refractivity contribution in [2.45, 2.75) is 64.8 Å². The van der Waals surface area contributed by atoms with Crippen molar-refractivity contribution in [3.8, 4) is 33.8 Å². The quantitative estimate of drug-likeness (QED) is 0.0225. The number of carboxylic acid groups (broad SMARTS) is 1. The van der Waals surface area contributed by atoms with E-state index in [4.69, 9.17) is 45.6 Å². The maximum Gasteiger partial charge on any atom is 0.488 e. The normalized spacial score (nSPS) is 11.0. The van der Waals surface area contributed by atoms with Crippen molar-refractivity contribution < 1.29 is 48.5 Å². The van der Waals surface area contributed by atoms with E-state index in [2.05, 4.69) is 107 Å². The first-order valence-electron chi connectivity index (χ1n) is 22.4. The maximum absolute atomic E-state index is 12.0. The van der Waals surface area contributed by atoms with Gasteiger partial charge in [-0.15, -0.1) is 15.3 Å². The largest absolute Gasteiger partial charge is 0.488 e. The molecule has 0 saturated carbocycles. The molecule has 388 valence electrons. The number of hydrogen-bond acceptors (Lipinski definition) is 17. The molecule has 0 amide bonds. The molecule has 0 spiro atoms. The fourth-order valence-corrected chi connectivity index (χ4v) is 8.29. The molecular formula is C47H60BBr2N11O10Si2. The van der Waals surface area contributed by atoms with E-state index in [1.807, 2.05) is 36.4 Å². The minimum absolute atomic E-state index is 0.0758. The van der Waals surface area contributed by atoms with Gasteiger partial charge in [0.25, 0.3) is 0 Å². The van der Waals surface area contributed by atoms with Gasteiger partial charge in [-0.3, -0.25) is 0 Å². The molecule has 21 nitrogen and oxygen atoms in total. The Morgan fingerprint density at radius 2 is 1.03 bits per heavy atom.